The van der Waals surface area contributed by atoms with Gasteiger partial charge in [-0.25, -0.2) is 9.18 Å². The Balaban J connectivity index is 2.00. The number of aryl methyl sites for hydroxylation is 1. The monoisotopic (exact) mass is 423 g/mol. The van der Waals surface area contributed by atoms with E-state index in [-0.39, 0.29) is 12.0 Å². The highest BCUT2D eigenvalue weighted by Gasteiger charge is 2.30. The highest BCUT2D eigenvalue weighted by molar-refractivity contribution is 5.81. The number of anilines is 1. The molecule has 0 atom stereocenters. The third-order valence-electron chi connectivity index (χ3n) is 6.24. The van der Waals surface area contributed by atoms with Crippen LogP contribution in [0.15, 0.2) is 33.9 Å². The van der Waals surface area contributed by atoms with Crippen LogP contribution in [0.4, 0.5) is 10.2 Å². The standard InChI is InChI=1S/C23H26FN5O2/c1-23(2)8-5-9-28(14-23)19-11-18-20(21(30)27(4)22(31)26(18)3)29(19)13-16-10-17(24)7-6-15(16)12-25/h6-7,10-11H,5,8-9,13-14H2,1-4H3. The van der Waals surface area contributed by atoms with Gasteiger partial charge >= 0.3 is 5.69 Å². The first-order chi connectivity index (χ1) is 14.6. The molecule has 0 amide bonds. The van der Waals surface area contributed by atoms with Crippen LogP contribution in [0.25, 0.3) is 11.0 Å². The molecule has 3 heterocycles. The van der Waals surface area contributed by atoms with E-state index >= 15 is 0 Å². The number of nitrogens with zero attached hydrogens (tertiary/aromatic N) is 5. The zero-order valence-corrected chi connectivity index (χ0v) is 18.3. The summed E-state index contributed by atoms with van der Waals surface area (Å²) >= 11 is 0. The molecule has 1 fully saturated rings. The topological polar surface area (TPSA) is 76.0 Å². The Labute approximate surface area is 179 Å². The predicted molar refractivity (Wildman–Crippen MR) is 118 cm³/mol. The number of fused-ring (bicyclic) bond motifs is 1. The van der Waals surface area contributed by atoms with E-state index in [1.165, 1.54) is 29.8 Å². The molecule has 8 heteroatoms. The summed E-state index contributed by atoms with van der Waals surface area (Å²) in [5, 5.41) is 9.51. The Morgan fingerprint density at radius 2 is 1.90 bits per heavy atom. The fourth-order valence-corrected chi connectivity index (χ4v) is 4.59. The van der Waals surface area contributed by atoms with E-state index in [2.05, 4.69) is 24.8 Å². The minimum atomic E-state index is -0.438. The molecule has 1 saturated heterocycles. The van der Waals surface area contributed by atoms with Crippen molar-refractivity contribution in [2.24, 2.45) is 19.5 Å². The molecule has 0 saturated carbocycles. The Morgan fingerprint density at radius 1 is 1.16 bits per heavy atom. The first kappa shape index (κ1) is 20.9. The average Bonchev–Trinajstić information content (AvgIpc) is 3.09. The molecular formula is C23H26FN5O2. The summed E-state index contributed by atoms with van der Waals surface area (Å²) in [6.45, 7) is 6.19. The first-order valence-electron chi connectivity index (χ1n) is 10.4. The maximum atomic E-state index is 14.0. The first-order valence-corrected chi connectivity index (χ1v) is 10.4. The van der Waals surface area contributed by atoms with Gasteiger partial charge in [-0.2, -0.15) is 5.26 Å². The summed E-state index contributed by atoms with van der Waals surface area (Å²) in [5.74, 6) is 0.362. The van der Waals surface area contributed by atoms with E-state index in [0.717, 1.165) is 36.3 Å². The molecule has 0 spiro atoms. The number of hydrogen-bond donors (Lipinski definition) is 0. The molecule has 3 aromatic rings. The number of aromatic nitrogens is 3. The van der Waals surface area contributed by atoms with E-state index in [1.54, 1.807) is 7.05 Å². The molecule has 0 unspecified atom stereocenters. The summed E-state index contributed by atoms with van der Waals surface area (Å²) < 4.78 is 18.4. The van der Waals surface area contributed by atoms with Gasteiger partial charge in [0, 0.05) is 33.3 Å². The zero-order chi connectivity index (χ0) is 22.5. The molecule has 7 nitrogen and oxygen atoms in total. The molecule has 1 aliphatic rings. The van der Waals surface area contributed by atoms with Gasteiger partial charge in [-0.1, -0.05) is 13.8 Å². The van der Waals surface area contributed by atoms with Crippen LogP contribution in [0, 0.1) is 22.6 Å². The highest BCUT2D eigenvalue weighted by atomic mass is 19.1. The van der Waals surface area contributed by atoms with Gasteiger partial charge in [0.1, 0.15) is 17.2 Å². The molecule has 4 rings (SSSR count). The third-order valence-corrected chi connectivity index (χ3v) is 6.24. The van der Waals surface area contributed by atoms with Crippen molar-refractivity contribution in [2.45, 2.75) is 33.2 Å². The summed E-state index contributed by atoms with van der Waals surface area (Å²) in [7, 11) is 3.09. The van der Waals surface area contributed by atoms with Crippen LogP contribution in [0.3, 0.4) is 0 Å². The molecule has 0 radical (unpaired) electrons. The van der Waals surface area contributed by atoms with Crippen molar-refractivity contribution in [1.29, 1.82) is 5.26 Å². The minimum Gasteiger partial charge on any atom is -0.357 e. The molecule has 0 bridgehead atoms. The second-order valence-electron chi connectivity index (χ2n) is 9.13. The summed E-state index contributed by atoms with van der Waals surface area (Å²) in [6.07, 6.45) is 2.11. The van der Waals surface area contributed by atoms with E-state index in [0.29, 0.717) is 22.2 Å². The summed E-state index contributed by atoms with van der Waals surface area (Å²) in [4.78, 5) is 27.9. The average molecular weight is 423 g/mol. The summed E-state index contributed by atoms with van der Waals surface area (Å²) in [6, 6.07) is 8.02. The van der Waals surface area contributed by atoms with Crippen LogP contribution in [0.5, 0.6) is 0 Å². The van der Waals surface area contributed by atoms with Gasteiger partial charge in [0.25, 0.3) is 5.56 Å². The number of piperidine rings is 1. The Bertz CT molecular complexity index is 1340. The molecular weight excluding hydrogens is 397 g/mol. The van der Waals surface area contributed by atoms with Crippen LogP contribution >= 0.6 is 0 Å². The largest absolute Gasteiger partial charge is 0.357 e. The van der Waals surface area contributed by atoms with Crippen molar-refractivity contribution in [1.82, 2.24) is 13.7 Å². The SMILES string of the molecule is Cn1c(=O)c2c(cc(N3CCCC(C)(C)C3)n2Cc2cc(F)ccc2C#N)n(C)c1=O. The van der Waals surface area contributed by atoms with Crippen LogP contribution in [0.1, 0.15) is 37.8 Å². The minimum absolute atomic E-state index is 0.104. The van der Waals surface area contributed by atoms with E-state index < -0.39 is 17.1 Å². The fraction of sp³-hybridized carbons (Fsp3) is 0.435. The normalized spacial score (nSPS) is 15.9. The van der Waals surface area contributed by atoms with Crippen LogP contribution < -0.4 is 16.1 Å². The van der Waals surface area contributed by atoms with Crippen LogP contribution in [0.2, 0.25) is 0 Å². The second-order valence-corrected chi connectivity index (χ2v) is 9.13. The lowest BCUT2D eigenvalue weighted by Gasteiger charge is -2.39. The lowest BCUT2D eigenvalue weighted by atomic mass is 9.84. The van der Waals surface area contributed by atoms with Gasteiger partial charge in [-0.3, -0.25) is 13.9 Å². The number of rotatable bonds is 3. The Morgan fingerprint density at radius 3 is 2.58 bits per heavy atom. The van der Waals surface area contributed by atoms with Crippen molar-refractivity contribution < 1.29 is 4.39 Å². The number of benzene rings is 1. The third kappa shape index (κ3) is 3.54. The maximum Gasteiger partial charge on any atom is 0.331 e. The van der Waals surface area contributed by atoms with E-state index in [9.17, 15) is 19.2 Å². The maximum absolute atomic E-state index is 14.0. The van der Waals surface area contributed by atoms with Gasteiger partial charge < -0.3 is 9.47 Å². The van der Waals surface area contributed by atoms with Gasteiger partial charge in [-0.05, 0) is 42.0 Å². The second kappa shape index (κ2) is 7.41. The fourth-order valence-electron chi connectivity index (χ4n) is 4.59. The quantitative estimate of drug-likeness (QED) is 0.649. The molecule has 31 heavy (non-hydrogen) atoms. The van der Waals surface area contributed by atoms with E-state index in [1.807, 2.05) is 10.6 Å². The van der Waals surface area contributed by atoms with E-state index in [4.69, 9.17) is 0 Å². The van der Waals surface area contributed by atoms with Gasteiger partial charge in [0.2, 0.25) is 0 Å². The highest BCUT2D eigenvalue weighted by Crippen LogP contribution is 2.34. The predicted octanol–water partition coefficient (Wildman–Crippen LogP) is 2.72. The molecule has 1 aromatic carbocycles. The lowest BCUT2D eigenvalue weighted by Crippen LogP contribution is -2.41. The van der Waals surface area contributed by atoms with Crippen LogP contribution in [-0.2, 0) is 20.6 Å². The van der Waals surface area contributed by atoms with Crippen molar-refractivity contribution in [2.75, 3.05) is 18.0 Å². The number of nitriles is 1. The van der Waals surface area contributed by atoms with Gasteiger partial charge in [0.05, 0.1) is 23.7 Å². The van der Waals surface area contributed by atoms with Gasteiger partial charge in [-0.15, -0.1) is 0 Å². The number of halogens is 1. The number of hydrogen-bond acceptors (Lipinski definition) is 4. The molecule has 162 valence electrons. The van der Waals surface area contributed by atoms with Crippen molar-refractivity contribution in [3.63, 3.8) is 0 Å². The molecule has 1 aliphatic heterocycles. The lowest BCUT2D eigenvalue weighted by molar-refractivity contribution is 0.291. The van der Waals surface area contributed by atoms with Crippen LogP contribution in [-0.4, -0.2) is 26.8 Å². The van der Waals surface area contributed by atoms with Crippen molar-refractivity contribution in [3.8, 4) is 6.07 Å². The Kier molecular flexibility index (Phi) is 5.00. The van der Waals surface area contributed by atoms with Crippen molar-refractivity contribution >= 4 is 16.9 Å². The van der Waals surface area contributed by atoms with Crippen molar-refractivity contribution in [3.05, 3.63) is 62.0 Å². The molecule has 2 aromatic heterocycles. The zero-order valence-electron chi connectivity index (χ0n) is 18.3. The Hall–Kier alpha value is -3.34. The van der Waals surface area contributed by atoms with Gasteiger partial charge in [0.15, 0.2) is 0 Å². The smallest absolute Gasteiger partial charge is 0.331 e. The summed E-state index contributed by atoms with van der Waals surface area (Å²) in [5.41, 5.74) is 1.05. The molecule has 0 N–H and O–H groups in total. The molecule has 0 aliphatic carbocycles.